The predicted octanol–water partition coefficient (Wildman–Crippen LogP) is 2.43. The van der Waals surface area contributed by atoms with Gasteiger partial charge in [0.25, 0.3) is 0 Å². The number of hydrogen-bond acceptors (Lipinski definition) is 5. The van der Waals surface area contributed by atoms with E-state index in [1.54, 1.807) is 6.20 Å². The number of amides is 1. The number of pyridine rings is 1. The fourth-order valence-corrected chi connectivity index (χ4v) is 3.03. The summed E-state index contributed by atoms with van der Waals surface area (Å²) in [5.41, 5.74) is 1.52. The van der Waals surface area contributed by atoms with Crippen LogP contribution in [0.25, 0.3) is 11.4 Å². The van der Waals surface area contributed by atoms with Crippen molar-refractivity contribution < 1.29 is 9.32 Å². The molecule has 1 amide bonds. The maximum absolute atomic E-state index is 12.5. The maximum atomic E-state index is 12.5. The summed E-state index contributed by atoms with van der Waals surface area (Å²) in [6.07, 6.45) is 1.73. The Morgan fingerprint density at radius 1 is 1.29 bits per heavy atom. The summed E-state index contributed by atoms with van der Waals surface area (Å²) in [6, 6.07) is 7.46. The van der Waals surface area contributed by atoms with E-state index in [4.69, 9.17) is 4.52 Å². The average molecular weight is 328 g/mol. The van der Waals surface area contributed by atoms with Crippen LogP contribution in [0.3, 0.4) is 0 Å². The van der Waals surface area contributed by atoms with E-state index in [0.29, 0.717) is 12.5 Å². The first-order valence-corrected chi connectivity index (χ1v) is 8.44. The third-order valence-corrected chi connectivity index (χ3v) is 4.30. The van der Waals surface area contributed by atoms with Crippen LogP contribution < -0.4 is 0 Å². The first-order valence-electron chi connectivity index (χ1n) is 8.44. The summed E-state index contributed by atoms with van der Waals surface area (Å²) in [7, 11) is 0. The minimum Gasteiger partial charge on any atom is -0.359 e. The van der Waals surface area contributed by atoms with Gasteiger partial charge in [-0.15, -0.1) is 0 Å². The molecule has 24 heavy (non-hydrogen) atoms. The number of nitrogens with zero attached hydrogens (tertiary/aromatic N) is 4. The zero-order valence-corrected chi connectivity index (χ0v) is 14.5. The van der Waals surface area contributed by atoms with Crippen LogP contribution in [0.1, 0.15) is 26.5 Å². The molecule has 0 radical (unpaired) electrons. The van der Waals surface area contributed by atoms with E-state index in [-0.39, 0.29) is 11.9 Å². The molecule has 1 aliphatic rings. The molecule has 0 saturated carbocycles. The van der Waals surface area contributed by atoms with Crippen molar-refractivity contribution in [1.29, 1.82) is 0 Å². The van der Waals surface area contributed by atoms with Crippen LogP contribution in [-0.4, -0.2) is 51.5 Å². The molecule has 1 saturated heterocycles. The van der Waals surface area contributed by atoms with Crippen LogP contribution in [0, 0.1) is 5.92 Å². The highest BCUT2D eigenvalue weighted by molar-refractivity contribution is 5.82. The molecular formula is C18H24N4O2. The molecule has 3 rings (SSSR count). The number of hydrogen-bond donors (Lipinski definition) is 0. The fraction of sp³-hybridized carbons (Fsp3) is 0.500. The summed E-state index contributed by atoms with van der Waals surface area (Å²) >= 11 is 0. The largest absolute Gasteiger partial charge is 0.359 e. The van der Waals surface area contributed by atoms with E-state index in [1.807, 2.05) is 36.1 Å². The van der Waals surface area contributed by atoms with Crippen molar-refractivity contribution in [2.24, 2.45) is 5.92 Å². The molecule has 1 aliphatic heterocycles. The zero-order chi connectivity index (χ0) is 17.1. The Morgan fingerprint density at radius 3 is 2.83 bits per heavy atom. The number of carbonyl (C=O) groups excluding carboxylic acids is 1. The SMILES string of the molecule is CC(C)CN1CCN(Cc2cc(-c3ccccn3)no2)C(C)C1=O. The second kappa shape index (κ2) is 7.13. The molecule has 0 aliphatic carbocycles. The Kier molecular flexibility index (Phi) is 4.94. The van der Waals surface area contributed by atoms with Gasteiger partial charge in [-0.3, -0.25) is 14.7 Å². The van der Waals surface area contributed by atoms with Gasteiger partial charge in [0, 0.05) is 31.9 Å². The molecule has 6 nitrogen and oxygen atoms in total. The molecule has 2 aromatic heterocycles. The van der Waals surface area contributed by atoms with E-state index in [2.05, 4.69) is 28.9 Å². The third-order valence-electron chi connectivity index (χ3n) is 4.30. The standard InChI is InChI=1S/C18H24N4O2/c1-13(2)11-22-9-8-21(14(3)18(22)23)12-15-10-17(20-24-15)16-6-4-5-7-19-16/h4-7,10,13-14H,8-9,11-12H2,1-3H3. The number of carbonyl (C=O) groups is 1. The van der Waals surface area contributed by atoms with Crippen molar-refractivity contribution in [3.63, 3.8) is 0 Å². The van der Waals surface area contributed by atoms with Gasteiger partial charge in [0.2, 0.25) is 5.91 Å². The van der Waals surface area contributed by atoms with Crippen LogP contribution in [0.4, 0.5) is 0 Å². The van der Waals surface area contributed by atoms with Gasteiger partial charge >= 0.3 is 0 Å². The second-order valence-corrected chi connectivity index (χ2v) is 6.72. The van der Waals surface area contributed by atoms with Crippen molar-refractivity contribution >= 4 is 5.91 Å². The predicted molar refractivity (Wildman–Crippen MR) is 91.0 cm³/mol. The molecule has 1 fully saturated rings. The Hall–Kier alpha value is -2.21. The average Bonchev–Trinajstić information content (AvgIpc) is 3.04. The molecule has 128 valence electrons. The molecule has 0 spiro atoms. The van der Waals surface area contributed by atoms with Gasteiger partial charge in [0.15, 0.2) is 5.76 Å². The van der Waals surface area contributed by atoms with Crippen molar-refractivity contribution in [3.8, 4) is 11.4 Å². The van der Waals surface area contributed by atoms with E-state index in [9.17, 15) is 4.79 Å². The fourth-order valence-electron chi connectivity index (χ4n) is 3.03. The van der Waals surface area contributed by atoms with Crippen molar-refractivity contribution in [3.05, 3.63) is 36.2 Å². The van der Waals surface area contributed by atoms with Crippen LogP contribution in [0.2, 0.25) is 0 Å². The molecule has 0 bridgehead atoms. The summed E-state index contributed by atoms with van der Waals surface area (Å²) < 4.78 is 5.44. The van der Waals surface area contributed by atoms with Crippen molar-refractivity contribution in [2.75, 3.05) is 19.6 Å². The molecule has 1 atom stereocenters. The second-order valence-electron chi connectivity index (χ2n) is 6.72. The molecule has 0 N–H and O–H groups in total. The Labute approximate surface area is 142 Å². The molecular weight excluding hydrogens is 304 g/mol. The lowest BCUT2D eigenvalue weighted by Gasteiger charge is -2.39. The van der Waals surface area contributed by atoms with Gasteiger partial charge < -0.3 is 9.42 Å². The minimum atomic E-state index is -0.138. The Balaban J connectivity index is 1.65. The normalized spacial score (nSPS) is 19.2. The minimum absolute atomic E-state index is 0.138. The number of rotatable bonds is 5. The topological polar surface area (TPSA) is 62.5 Å². The van der Waals surface area contributed by atoms with Gasteiger partial charge in [-0.1, -0.05) is 25.1 Å². The van der Waals surface area contributed by atoms with Gasteiger partial charge in [-0.25, -0.2) is 0 Å². The molecule has 0 aromatic carbocycles. The van der Waals surface area contributed by atoms with E-state index < -0.39 is 0 Å². The van der Waals surface area contributed by atoms with Crippen molar-refractivity contribution in [2.45, 2.75) is 33.4 Å². The Morgan fingerprint density at radius 2 is 2.12 bits per heavy atom. The summed E-state index contributed by atoms with van der Waals surface area (Å²) in [5, 5.41) is 4.09. The summed E-state index contributed by atoms with van der Waals surface area (Å²) in [4.78, 5) is 20.9. The van der Waals surface area contributed by atoms with Gasteiger partial charge in [-0.05, 0) is 25.0 Å². The molecule has 2 aromatic rings. The van der Waals surface area contributed by atoms with Crippen LogP contribution in [-0.2, 0) is 11.3 Å². The third kappa shape index (κ3) is 3.64. The Bertz CT molecular complexity index is 683. The molecule has 6 heteroatoms. The maximum Gasteiger partial charge on any atom is 0.239 e. The highest BCUT2D eigenvalue weighted by Crippen LogP contribution is 2.20. The summed E-state index contributed by atoms with van der Waals surface area (Å²) in [6.45, 7) is 9.26. The highest BCUT2D eigenvalue weighted by atomic mass is 16.5. The first-order chi connectivity index (χ1) is 11.5. The highest BCUT2D eigenvalue weighted by Gasteiger charge is 2.32. The zero-order valence-electron chi connectivity index (χ0n) is 14.5. The van der Waals surface area contributed by atoms with E-state index in [0.717, 1.165) is 36.8 Å². The molecule has 3 heterocycles. The van der Waals surface area contributed by atoms with Gasteiger partial charge in [-0.2, -0.15) is 0 Å². The van der Waals surface area contributed by atoms with E-state index >= 15 is 0 Å². The smallest absolute Gasteiger partial charge is 0.239 e. The summed E-state index contributed by atoms with van der Waals surface area (Å²) in [5.74, 6) is 1.44. The quantitative estimate of drug-likeness (QED) is 0.843. The van der Waals surface area contributed by atoms with Crippen LogP contribution >= 0.6 is 0 Å². The van der Waals surface area contributed by atoms with E-state index in [1.165, 1.54) is 0 Å². The van der Waals surface area contributed by atoms with Gasteiger partial charge in [0.1, 0.15) is 5.69 Å². The van der Waals surface area contributed by atoms with Gasteiger partial charge in [0.05, 0.1) is 18.3 Å². The molecule has 1 unspecified atom stereocenters. The van der Waals surface area contributed by atoms with Crippen LogP contribution in [0.5, 0.6) is 0 Å². The first kappa shape index (κ1) is 16.6. The lowest BCUT2D eigenvalue weighted by molar-refractivity contribution is -0.142. The lowest BCUT2D eigenvalue weighted by Crippen LogP contribution is -2.55. The number of piperazine rings is 1. The monoisotopic (exact) mass is 328 g/mol. The number of aromatic nitrogens is 2. The lowest BCUT2D eigenvalue weighted by atomic mass is 10.1. The van der Waals surface area contributed by atoms with Crippen LogP contribution in [0.15, 0.2) is 35.0 Å². The van der Waals surface area contributed by atoms with Crippen molar-refractivity contribution in [1.82, 2.24) is 19.9 Å².